The highest BCUT2D eigenvalue weighted by Crippen LogP contribution is 2.36. The van der Waals surface area contributed by atoms with E-state index in [0.717, 1.165) is 11.1 Å². The monoisotopic (exact) mass is 325 g/mol. The number of amides is 1. The topological polar surface area (TPSA) is 76.7 Å². The number of halogens is 1. The highest BCUT2D eigenvalue weighted by molar-refractivity contribution is 6.54. The minimum absolute atomic E-state index is 0.0416. The molecule has 23 heavy (non-hydrogen) atoms. The van der Waals surface area contributed by atoms with Crippen LogP contribution >= 0.6 is 11.6 Å². The molecule has 0 saturated heterocycles. The van der Waals surface area contributed by atoms with Gasteiger partial charge < -0.3 is 10.1 Å². The average Bonchev–Trinajstić information content (AvgIpc) is 2.79. The lowest BCUT2D eigenvalue weighted by atomic mass is 10.1. The number of nitrogens with zero attached hydrogens (tertiary/aromatic N) is 3. The average molecular weight is 326 g/mol. The molecular formula is C17H12ClN3O2. The Morgan fingerprint density at radius 2 is 2.09 bits per heavy atom. The maximum absolute atomic E-state index is 12.6. The first-order valence-electron chi connectivity index (χ1n) is 6.89. The molecule has 0 radical (unpaired) electrons. The summed E-state index contributed by atoms with van der Waals surface area (Å²) in [6.07, 6.45) is 0. The second kappa shape index (κ2) is 5.75. The predicted octanol–water partition coefficient (Wildman–Crippen LogP) is 3.25. The summed E-state index contributed by atoms with van der Waals surface area (Å²) in [7, 11) is 0. The molecule has 0 unspecified atom stereocenters. The second-order valence-corrected chi connectivity index (χ2v) is 5.66. The largest absolute Gasteiger partial charge is 0.410 e. The van der Waals surface area contributed by atoms with E-state index in [1.165, 1.54) is 4.90 Å². The van der Waals surface area contributed by atoms with Gasteiger partial charge in [-0.25, -0.2) is 0 Å². The molecule has 6 heteroatoms. The Labute approximate surface area is 138 Å². The number of rotatable bonds is 2. The molecule has 1 amide bonds. The van der Waals surface area contributed by atoms with Crippen molar-refractivity contribution < 1.29 is 10.0 Å². The van der Waals surface area contributed by atoms with Gasteiger partial charge in [0.2, 0.25) is 0 Å². The van der Waals surface area contributed by atoms with E-state index >= 15 is 0 Å². The number of anilines is 1. The standard InChI is InChI=1S/C17H12ClN3O2/c1-10-6-13(18)7-14-15(20-23)17(22)21(16(10)14)9-12-5-3-2-4-11(12)8-19/h2-7,23H,9H2,1H3/b20-15-. The fraction of sp³-hybridized carbons (Fsp3) is 0.118. The molecule has 114 valence electrons. The second-order valence-electron chi connectivity index (χ2n) is 5.23. The van der Waals surface area contributed by atoms with Crippen molar-refractivity contribution in [2.24, 2.45) is 5.16 Å². The summed E-state index contributed by atoms with van der Waals surface area (Å²) in [5, 5.41) is 22.0. The van der Waals surface area contributed by atoms with Crippen LogP contribution < -0.4 is 4.90 Å². The molecule has 0 atom stereocenters. The van der Waals surface area contributed by atoms with Crippen molar-refractivity contribution in [1.29, 1.82) is 5.26 Å². The summed E-state index contributed by atoms with van der Waals surface area (Å²) in [6.45, 7) is 2.05. The van der Waals surface area contributed by atoms with Gasteiger partial charge in [0.15, 0.2) is 5.71 Å². The van der Waals surface area contributed by atoms with Crippen molar-refractivity contribution in [3.05, 3.63) is 63.7 Å². The molecule has 0 spiro atoms. The Morgan fingerprint density at radius 3 is 2.78 bits per heavy atom. The zero-order valence-corrected chi connectivity index (χ0v) is 13.0. The molecule has 0 bridgehead atoms. The quantitative estimate of drug-likeness (QED) is 0.680. The lowest BCUT2D eigenvalue weighted by Gasteiger charge is -2.19. The lowest BCUT2D eigenvalue weighted by Crippen LogP contribution is -2.30. The van der Waals surface area contributed by atoms with Crippen LogP contribution in [0.15, 0.2) is 41.6 Å². The third-order valence-corrected chi connectivity index (χ3v) is 4.02. The van der Waals surface area contributed by atoms with Crippen molar-refractivity contribution in [1.82, 2.24) is 0 Å². The lowest BCUT2D eigenvalue weighted by molar-refractivity contribution is -0.112. The number of nitriles is 1. The molecule has 0 aromatic heterocycles. The highest BCUT2D eigenvalue weighted by atomic mass is 35.5. The Balaban J connectivity index is 2.12. The third-order valence-electron chi connectivity index (χ3n) is 3.80. The SMILES string of the molecule is Cc1cc(Cl)cc2c1N(Cc1ccccc1C#N)C(=O)/C2=N\O. The van der Waals surface area contributed by atoms with Gasteiger partial charge >= 0.3 is 0 Å². The minimum Gasteiger partial charge on any atom is -0.410 e. The smallest absolute Gasteiger partial charge is 0.281 e. The number of carbonyl (C=O) groups is 1. The van der Waals surface area contributed by atoms with Crippen molar-refractivity contribution in [3.8, 4) is 6.07 Å². The molecule has 2 aromatic carbocycles. The number of hydrogen-bond donors (Lipinski definition) is 1. The van der Waals surface area contributed by atoms with E-state index in [1.54, 1.807) is 30.3 Å². The van der Waals surface area contributed by atoms with Crippen LogP contribution in [0.1, 0.15) is 22.3 Å². The first kappa shape index (κ1) is 15.1. The molecule has 1 N–H and O–H groups in total. The van der Waals surface area contributed by atoms with Gasteiger partial charge in [-0.3, -0.25) is 4.79 Å². The van der Waals surface area contributed by atoms with E-state index in [2.05, 4.69) is 11.2 Å². The Bertz CT molecular complexity index is 884. The van der Waals surface area contributed by atoms with Crippen molar-refractivity contribution in [2.75, 3.05) is 4.90 Å². The molecule has 1 heterocycles. The first-order valence-corrected chi connectivity index (χ1v) is 7.27. The Kier molecular flexibility index (Phi) is 3.77. The summed E-state index contributed by atoms with van der Waals surface area (Å²) in [6, 6.07) is 12.6. The number of benzene rings is 2. The maximum atomic E-state index is 12.6. The van der Waals surface area contributed by atoms with Crippen LogP contribution in [-0.2, 0) is 11.3 Å². The van der Waals surface area contributed by atoms with Crippen LogP contribution in [0.25, 0.3) is 0 Å². The summed E-state index contributed by atoms with van der Waals surface area (Å²) in [5.41, 5.74) is 3.14. The van der Waals surface area contributed by atoms with Crippen LogP contribution in [-0.4, -0.2) is 16.8 Å². The minimum atomic E-state index is -0.416. The summed E-state index contributed by atoms with van der Waals surface area (Å²) < 4.78 is 0. The fourth-order valence-electron chi connectivity index (χ4n) is 2.80. The molecule has 0 fully saturated rings. The number of hydrogen-bond acceptors (Lipinski definition) is 4. The van der Waals surface area contributed by atoms with Gasteiger partial charge in [0.05, 0.1) is 23.9 Å². The molecule has 2 aromatic rings. The predicted molar refractivity (Wildman–Crippen MR) is 86.9 cm³/mol. The van der Waals surface area contributed by atoms with Gasteiger partial charge in [-0.2, -0.15) is 5.26 Å². The van der Waals surface area contributed by atoms with Crippen LogP contribution in [0.3, 0.4) is 0 Å². The van der Waals surface area contributed by atoms with E-state index in [4.69, 9.17) is 11.6 Å². The summed E-state index contributed by atoms with van der Waals surface area (Å²) in [5.74, 6) is -0.416. The van der Waals surface area contributed by atoms with Crippen molar-refractivity contribution in [2.45, 2.75) is 13.5 Å². The first-order chi connectivity index (χ1) is 11.1. The fourth-order valence-corrected chi connectivity index (χ4v) is 3.08. The highest BCUT2D eigenvalue weighted by Gasteiger charge is 2.36. The Morgan fingerprint density at radius 1 is 1.35 bits per heavy atom. The van der Waals surface area contributed by atoms with Crippen LogP contribution in [0, 0.1) is 18.3 Å². The number of aryl methyl sites for hydroxylation is 1. The van der Waals surface area contributed by atoms with Gasteiger partial charge in [-0.05, 0) is 36.2 Å². The molecule has 1 aliphatic rings. The normalized spacial score (nSPS) is 14.9. The summed E-state index contributed by atoms with van der Waals surface area (Å²) >= 11 is 6.04. The molecule has 0 aliphatic carbocycles. The van der Waals surface area contributed by atoms with Gasteiger partial charge in [0.1, 0.15) is 0 Å². The number of oxime groups is 1. The van der Waals surface area contributed by atoms with E-state index in [0.29, 0.717) is 21.8 Å². The molecule has 3 rings (SSSR count). The molecule has 5 nitrogen and oxygen atoms in total. The van der Waals surface area contributed by atoms with Crippen LogP contribution in [0.4, 0.5) is 5.69 Å². The van der Waals surface area contributed by atoms with Crippen LogP contribution in [0.5, 0.6) is 0 Å². The molecule has 0 saturated carbocycles. The van der Waals surface area contributed by atoms with E-state index in [9.17, 15) is 15.3 Å². The number of carbonyl (C=O) groups excluding carboxylic acids is 1. The molecular weight excluding hydrogens is 314 g/mol. The van der Waals surface area contributed by atoms with E-state index < -0.39 is 5.91 Å². The summed E-state index contributed by atoms with van der Waals surface area (Å²) in [4.78, 5) is 14.1. The van der Waals surface area contributed by atoms with Gasteiger partial charge in [0.25, 0.3) is 5.91 Å². The van der Waals surface area contributed by atoms with E-state index in [1.807, 2.05) is 13.0 Å². The third kappa shape index (κ3) is 2.43. The van der Waals surface area contributed by atoms with Crippen LogP contribution in [0.2, 0.25) is 5.02 Å². The zero-order chi connectivity index (χ0) is 16.6. The van der Waals surface area contributed by atoms with Gasteiger partial charge in [0, 0.05) is 10.6 Å². The maximum Gasteiger partial charge on any atom is 0.281 e. The van der Waals surface area contributed by atoms with Gasteiger partial charge in [-0.15, -0.1) is 0 Å². The number of fused-ring (bicyclic) bond motifs is 1. The molecule has 1 aliphatic heterocycles. The zero-order valence-electron chi connectivity index (χ0n) is 12.2. The van der Waals surface area contributed by atoms with E-state index in [-0.39, 0.29) is 12.3 Å². The van der Waals surface area contributed by atoms with Crippen molar-refractivity contribution >= 4 is 28.9 Å². The van der Waals surface area contributed by atoms with Gasteiger partial charge in [-0.1, -0.05) is 35.0 Å². The Hall–Kier alpha value is -2.84. The van der Waals surface area contributed by atoms with Crippen molar-refractivity contribution in [3.63, 3.8) is 0 Å².